The minimum Gasteiger partial charge on any atom is -0.294 e. The number of benzene rings is 2. The molecule has 0 fully saturated rings. The standard InChI is InChI=1S/C17H15FOS/c1-11(19)16-10-14(18)6-8-17(16)20-15-7-5-12-3-2-4-13(12)9-15/h5-10H,2-4H2,1H3. The van der Waals surface area contributed by atoms with Crippen LogP contribution in [0, 0.1) is 5.82 Å². The van der Waals surface area contributed by atoms with Gasteiger partial charge in [0.15, 0.2) is 5.78 Å². The molecule has 2 aromatic rings. The molecular weight excluding hydrogens is 271 g/mol. The molecule has 2 aromatic carbocycles. The molecule has 0 spiro atoms. The van der Waals surface area contributed by atoms with E-state index in [-0.39, 0.29) is 11.6 Å². The van der Waals surface area contributed by atoms with E-state index in [1.807, 2.05) is 0 Å². The summed E-state index contributed by atoms with van der Waals surface area (Å²) in [6, 6.07) is 10.9. The molecule has 0 aliphatic heterocycles. The zero-order valence-electron chi connectivity index (χ0n) is 11.3. The Hall–Kier alpha value is -1.61. The Morgan fingerprint density at radius 3 is 2.70 bits per heavy atom. The van der Waals surface area contributed by atoms with Crippen LogP contribution in [-0.4, -0.2) is 5.78 Å². The molecule has 0 radical (unpaired) electrons. The number of Topliss-reactive ketones (excluding diaryl/α,β-unsaturated/α-hetero) is 1. The zero-order valence-corrected chi connectivity index (χ0v) is 12.1. The smallest absolute Gasteiger partial charge is 0.161 e. The van der Waals surface area contributed by atoms with Crippen molar-refractivity contribution in [3.8, 4) is 0 Å². The first kappa shape index (κ1) is 13.4. The summed E-state index contributed by atoms with van der Waals surface area (Å²) in [4.78, 5) is 13.5. The molecule has 0 amide bonds. The van der Waals surface area contributed by atoms with E-state index in [4.69, 9.17) is 0 Å². The molecule has 0 saturated heterocycles. The molecule has 1 nitrogen and oxygen atoms in total. The monoisotopic (exact) mass is 286 g/mol. The van der Waals surface area contributed by atoms with E-state index >= 15 is 0 Å². The summed E-state index contributed by atoms with van der Waals surface area (Å²) in [7, 11) is 0. The molecule has 1 aliphatic carbocycles. The molecule has 0 saturated carbocycles. The van der Waals surface area contributed by atoms with Crippen LogP contribution in [0.1, 0.15) is 34.8 Å². The maximum atomic E-state index is 13.3. The fraction of sp³-hybridized carbons (Fsp3) is 0.235. The second-order valence-corrected chi connectivity index (χ2v) is 6.20. The summed E-state index contributed by atoms with van der Waals surface area (Å²) in [6.45, 7) is 1.47. The van der Waals surface area contributed by atoms with Crippen LogP contribution >= 0.6 is 11.8 Å². The molecule has 0 heterocycles. The lowest BCUT2D eigenvalue weighted by molar-refractivity contribution is 0.101. The second-order valence-electron chi connectivity index (χ2n) is 5.08. The Kier molecular flexibility index (Phi) is 3.62. The van der Waals surface area contributed by atoms with Crippen molar-refractivity contribution in [3.05, 3.63) is 58.9 Å². The van der Waals surface area contributed by atoms with Crippen LogP contribution < -0.4 is 0 Å². The Balaban J connectivity index is 1.93. The van der Waals surface area contributed by atoms with Gasteiger partial charge < -0.3 is 0 Å². The Labute approximate surface area is 122 Å². The number of halogens is 1. The third-order valence-electron chi connectivity index (χ3n) is 3.62. The highest BCUT2D eigenvalue weighted by atomic mass is 32.2. The molecule has 20 heavy (non-hydrogen) atoms. The summed E-state index contributed by atoms with van der Waals surface area (Å²) < 4.78 is 13.3. The van der Waals surface area contributed by atoms with Crippen LogP contribution in [0.5, 0.6) is 0 Å². The van der Waals surface area contributed by atoms with Crippen LogP contribution in [0.25, 0.3) is 0 Å². The van der Waals surface area contributed by atoms with Gasteiger partial charge in [0.25, 0.3) is 0 Å². The molecule has 3 heteroatoms. The van der Waals surface area contributed by atoms with Gasteiger partial charge in [0.05, 0.1) is 0 Å². The van der Waals surface area contributed by atoms with Gasteiger partial charge in [-0.2, -0.15) is 0 Å². The van der Waals surface area contributed by atoms with E-state index in [0.717, 1.165) is 22.6 Å². The van der Waals surface area contributed by atoms with Crippen LogP contribution in [0.3, 0.4) is 0 Å². The van der Waals surface area contributed by atoms with Gasteiger partial charge in [0.2, 0.25) is 0 Å². The van der Waals surface area contributed by atoms with Gasteiger partial charge in [-0.25, -0.2) is 4.39 Å². The number of hydrogen-bond donors (Lipinski definition) is 0. The number of fused-ring (bicyclic) bond motifs is 1. The topological polar surface area (TPSA) is 17.1 Å². The fourth-order valence-corrected chi connectivity index (χ4v) is 3.64. The van der Waals surface area contributed by atoms with Gasteiger partial charge in [0.1, 0.15) is 5.82 Å². The lowest BCUT2D eigenvalue weighted by atomic mass is 10.1. The minimum atomic E-state index is -0.367. The van der Waals surface area contributed by atoms with Crippen molar-refractivity contribution >= 4 is 17.5 Å². The van der Waals surface area contributed by atoms with Crippen molar-refractivity contribution in [2.24, 2.45) is 0 Å². The second kappa shape index (κ2) is 5.41. The number of carbonyl (C=O) groups excluding carboxylic acids is 1. The van der Waals surface area contributed by atoms with Crippen molar-refractivity contribution in [2.75, 3.05) is 0 Å². The van der Waals surface area contributed by atoms with Gasteiger partial charge in [-0.1, -0.05) is 17.8 Å². The highest BCUT2D eigenvalue weighted by Gasteiger charge is 2.13. The third kappa shape index (κ3) is 2.63. The first-order valence-corrected chi connectivity index (χ1v) is 7.55. The zero-order chi connectivity index (χ0) is 14.1. The maximum absolute atomic E-state index is 13.3. The van der Waals surface area contributed by atoms with Crippen LogP contribution in [-0.2, 0) is 12.8 Å². The Morgan fingerprint density at radius 1 is 1.10 bits per heavy atom. The number of carbonyl (C=O) groups is 1. The largest absolute Gasteiger partial charge is 0.294 e. The van der Waals surface area contributed by atoms with E-state index in [1.165, 1.54) is 48.4 Å². The Bertz CT molecular complexity index is 679. The summed E-state index contributed by atoms with van der Waals surface area (Å²) in [5.41, 5.74) is 3.29. The van der Waals surface area contributed by atoms with E-state index < -0.39 is 0 Å². The fourth-order valence-electron chi connectivity index (χ4n) is 2.60. The van der Waals surface area contributed by atoms with Gasteiger partial charge in [0, 0.05) is 15.4 Å². The highest BCUT2D eigenvalue weighted by molar-refractivity contribution is 7.99. The molecule has 3 rings (SSSR count). The number of hydrogen-bond acceptors (Lipinski definition) is 2. The van der Waals surface area contributed by atoms with Crippen molar-refractivity contribution < 1.29 is 9.18 Å². The Morgan fingerprint density at radius 2 is 1.90 bits per heavy atom. The average Bonchev–Trinajstić information content (AvgIpc) is 2.88. The SMILES string of the molecule is CC(=O)c1cc(F)ccc1Sc1ccc2c(c1)CCC2. The average molecular weight is 286 g/mol. The van der Waals surface area contributed by atoms with Crippen LogP contribution in [0.4, 0.5) is 4.39 Å². The molecular formula is C17H15FOS. The predicted molar refractivity (Wildman–Crippen MR) is 79.0 cm³/mol. The lowest BCUT2D eigenvalue weighted by Crippen LogP contribution is -1.96. The minimum absolute atomic E-state index is 0.104. The van der Waals surface area contributed by atoms with Crippen molar-refractivity contribution in [1.82, 2.24) is 0 Å². The van der Waals surface area contributed by atoms with Crippen LogP contribution in [0.2, 0.25) is 0 Å². The molecule has 0 N–H and O–H groups in total. The highest BCUT2D eigenvalue weighted by Crippen LogP contribution is 2.34. The van der Waals surface area contributed by atoms with E-state index in [2.05, 4.69) is 18.2 Å². The third-order valence-corrected chi connectivity index (χ3v) is 4.68. The number of ketones is 1. The normalized spacial score (nSPS) is 13.3. The molecule has 0 aromatic heterocycles. The summed E-state index contributed by atoms with van der Waals surface area (Å²) in [6.07, 6.45) is 3.51. The van der Waals surface area contributed by atoms with Gasteiger partial charge in [-0.05, 0) is 67.6 Å². The molecule has 1 aliphatic rings. The summed E-state index contributed by atoms with van der Waals surface area (Å²) >= 11 is 1.53. The number of rotatable bonds is 3. The maximum Gasteiger partial charge on any atom is 0.161 e. The van der Waals surface area contributed by atoms with Crippen molar-refractivity contribution in [2.45, 2.75) is 36.0 Å². The first-order chi connectivity index (χ1) is 9.63. The molecule has 0 unspecified atom stereocenters. The number of aryl methyl sites for hydroxylation is 2. The van der Waals surface area contributed by atoms with E-state index in [0.29, 0.717) is 5.56 Å². The van der Waals surface area contributed by atoms with Gasteiger partial charge in [-0.15, -0.1) is 0 Å². The van der Waals surface area contributed by atoms with Crippen LogP contribution in [0.15, 0.2) is 46.2 Å². The molecule has 0 bridgehead atoms. The summed E-state index contributed by atoms with van der Waals surface area (Å²) in [5.74, 6) is -0.471. The predicted octanol–water partition coefficient (Wildman–Crippen LogP) is 4.67. The molecule has 102 valence electrons. The quantitative estimate of drug-likeness (QED) is 0.763. The molecule has 0 atom stereocenters. The summed E-state index contributed by atoms with van der Waals surface area (Å²) in [5, 5.41) is 0. The van der Waals surface area contributed by atoms with E-state index in [1.54, 1.807) is 6.07 Å². The van der Waals surface area contributed by atoms with Crippen molar-refractivity contribution in [3.63, 3.8) is 0 Å². The van der Waals surface area contributed by atoms with Gasteiger partial charge >= 0.3 is 0 Å². The lowest BCUT2D eigenvalue weighted by Gasteiger charge is -2.08. The first-order valence-electron chi connectivity index (χ1n) is 6.73. The van der Waals surface area contributed by atoms with E-state index in [9.17, 15) is 9.18 Å². The van der Waals surface area contributed by atoms with Gasteiger partial charge in [-0.3, -0.25) is 4.79 Å². The van der Waals surface area contributed by atoms with Crippen molar-refractivity contribution in [1.29, 1.82) is 0 Å².